The van der Waals surface area contributed by atoms with Gasteiger partial charge in [-0.25, -0.2) is 4.39 Å². The standard InChI is InChI=1S/C14H19ClFNS/c1-3-5-17-14-10-6-9(15)7-12(16)11(10)8-18-13(14)4-2/h6-7,13-14,17H,3-5,8H2,1-2H3. The number of hydrogen-bond acceptors (Lipinski definition) is 2. The molecule has 1 aromatic carbocycles. The minimum atomic E-state index is -0.164. The molecule has 2 atom stereocenters. The van der Waals surface area contributed by atoms with Crippen LogP contribution in [-0.2, 0) is 5.75 Å². The second kappa shape index (κ2) is 6.27. The van der Waals surface area contributed by atoms with E-state index in [9.17, 15) is 4.39 Å². The number of fused-ring (bicyclic) bond motifs is 1. The highest BCUT2D eigenvalue weighted by Gasteiger charge is 2.30. The zero-order valence-electron chi connectivity index (χ0n) is 10.8. The van der Waals surface area contributed by atoms with E-state index in [0.717, 1.165) is 36.3 Å². The van der Waals surface area contributed by atoms with Crippen molar-refractivity contribution in [2.45, 2.75) is 43.7 Å². The summed E-state index contributed by atoms with van der Waals surface area (Å²) in [6.07, 6.45) is 2.16. The van der Waals surface area contributed by atoms with E-state index in [1.807, 2.05) is 17.8 Å². The Labute approximate surface area is 117 Å². The first-order valence-corrected chi connectivity index (χ1v) is 7.92. The van der Waals surface area contributed by atoms with Gasteiger partial charge < -0.3 is 5.32 Å². The molecule has 0 aromatic heterocycles. The summed E-state index contributed by atoms with van der Waals surface area (Å²) in [5.41, 5.74) is 1.88. The van der Waals surface area contributed by atoms with Gasteiger partial charge in [0.15, 0.2) is 0 Å². The Kier molecular flexibility index (Phi) is 4.93. The van der Waals surface area contributed by atoms with E-state index in [2.05, 4.69) is 19.2 Å². The lowest BCUT2D eigenvalue weighted by Gasteiger charge is -2.33. The van der Waals surface area contributed by atoms with Crippen molar-refractivity contribution in [3.05, 3.63) is 34.1 Å². The molecular formula is C14H19ClFNS. The van der Waals surface area contributed by atoms with Crippen LogP contribution in [0.2, 0.25) is 5.02 Å². The van der Waals surface area contributed by atoms with Crippen LogP contribution in [0.4, 0.5) is 4.39 Å². The van der Waals surface area contributed by atoms with Crippen molar-refractivity contribution in [3.8, 4) is 0 Å². The molecule has 0 saturated carbocycles. The normalized spacial score (nSPS) is 22.9. The number of benzene rings is 1. The molecule has 18 heavy (non-hydrogen) atoms. The van der Waals surface area contributed by atoms with Crippen molar-refractivity contribution in [1.82, 2.24) is 5.32 Å². The van der Waals surface area contributed by atoms with Gasteiger partial charge in [-0.2, -0.15) is 11.8 Å². The van der Waals surface area contributed by atoms with E-state index in [4.69, 9.17) is 11.6 Å². The van der Waals surface area contributed by atoms with Crippen molar-refractivity contribution in [2.75, 3.05) is 6.54 Å². The summed E-state index contributed by atoms with van der Waals surface area (Å²) >= 11 is 7.84. The van der Waals surface area contributed by atoms with Crippen LogP contribution in [-0.4, -0.2) is 11.8 Å². The second-order valence-electron chi connectivity index (χ2n) is 4.64. The highest BCUT2D eigenvalue weighted by molar-refractivity contribution is 7.99. The zero-order chi connectivity index (χ0) is 13.1. The molecule has 0 aliphatic carbocycles. The third-order valence-corrected chi connectivity index (χ3v) is 5.07. The molecule has 1 nitrogen and oxygen atoms in total. The van der Waals surface area contributed by atoms with Crippen LogP contribution in [0.25, 0.3) is 0 Å². The average Bonchev–Trinajstić information content (AvgIpc) is 2.35. The van der Waals surface area contributed by atoms with Crippen molar-refractivity contribution in [3.63, 3.8) is 0 Å². The predicted molar refractivity (Wildman–Crippen MR) is 77.8 cm³/mol. The summed E-state index contributed by atoms with van der Waals surface area (Å²) in [5, 5.41) is 4.54. The zero-order valence-corrected chi connectivity index (χ0v) is 12.4. The Morgan fingerprint density at radius 3 is 2.89 bits per heavy atom. The highest BCUT2D eigenvalue weighted by atomic mass is 35.5. The van der Waals surface area contributed by atoms with E-state index in [-0.39, 0.29) is 11.9 Å². The SMILES string of the molecule is CCCNC1c2cc(Cl)cc(F)c2CSC1CC. The molecule has 1 aliphatic rings. The first-order chi connectivity index (χ1) is 8.67. The Hall–Kier alpha value is -0.250. The van der Waals surface area contributed by atoms with Crippen LogP contribution in [0.1, 0.15) is 43.9 Å². The Morgan fingerprint density at radius 2 is 2.22 bits per heavy atom. The first-order valence-electron chi connectivity index (χ1n) is 6.50. The molecule has 0 bridgehead atoms. The second-order valence-corrected chi connectivity index (χ2v) is 6.31. The largest absolute Gasteiger partial charge is 0.309 e. The van der Waals surface area contributed by atoms with Gasteiger partial charge in [0.2, 0.25) is 0 Å². The minimum Gasteiger partial charge on any atom is -0.309 e. The van der Waals surface area contributed by atoms with Crippen LogP contribution in [0.5, 0.6) is 0 Å². The van der Waals surface area contributed by atoms with Gasteiger partial charge in [0.25, 0.3) is 0 Å². The Morgan fingerprint density at radius 1 is 1.44 bits per heavy atom. The fourth-order valence-corrected chi connectivity index (χ4v) is 4.00. The highest BCUT2D eigenvalue weighted by Crippen LogP contribution is 2.41. The molecule has 4 heteroatoms. The van der Waals surface area contributed by atoms with Gasteiger partial charge >= 0.3 is 0 Å². The fourth-order valence-electron chi connectivity index (χ4n) is 2.43. The maximum Gasteiger partial charge on any atom is 0.129 e. The smallest absolute Gasteiger partial charge is 0.129 e. The maximum absolute atomic E-state index is 13.9. The molecule has 0 fully saturated rings. The summed E-state index contributed by atoms with van der Waals surface area (Å²) in [4.78, 5) is 0. The van der Waals surface area contributed by atoms with Gasteiger partial charge in [0, 0.05) is 27.6 Å². The van der Waals surface area contributed by atoms with Crippen molar-refractivity contribution < 1.29 is 4.39 Å². The monoisotopic (exact) mass is 287 g/mol. The van der Waals surface area contributed by atoms with Gasteiger partial charge in [-0.3, -0.25) is 0 Å². The minimum absolute atomic E-state index is 0.164. The van der Waals surface area contributed by atoms with Crippen LogP contribution < -0.4 is 5.32 Å². The molecule has 1 N–H and O–H groups in total. The van der Waals surface area contributed by atoms with E-state index in [1.165, 1.54) is 6.07 Å². The van der Waals surface area contributed by atoms with Gasteiger partial charge in [0.05, 0.1) is 0 Å². The number of rotatable bonds is 4. The maximum atomic E-state index is 13.9. The van der Waals surface area contributed by atoms with Crippen LogP contribution in [0, 0.1) is 5.82 Å². The molecule has 1 aromatic rings. The van der Waals surface area contributed by atoms with E-state index in [0.29, 0.717) is 10.3 Å². The number of nitrogens with one attached hydrogen (secondary N) is 1. The predicted octanol–water partition coefficient (Wildman–Crippen LogP) is 4.55. The summed E-state index contributed by atoms with van der Waals surface area (Å²) in [7, 11) is 0. The lowest BCUT2D eigenvalue weighted by atomic mass is 9.96. The molecule has 0 radical (unpaired) electrons. The molecule has 0 amide bonds. The van der Waals surface area contributed by atoms with E-state index in [1.54, 1.807) is 0 Å². The average molecular weight is 288 g/mol. The Bertz CT molecular complexity index is 425. The quantitative estimate of drug-likeness (QED) is 0.872. The molecule has 0 saturated heterocycles. The summed E-state index contributed by atoms with van der Waals surface area (Å²) in [6, 6.07) is 3.57. The third kappa shape index (κ3) is 2.84. The molecule has 1 aliphatic heterocycles. The topological polar surface area (TPSA) is 12.0 Å². The Balaban J connectivity index is 2.36. The van der Waals surface area contributed by atoms with Gasteiger partial charge in [-0.15, -0.1) is 0 Å². The molecule has 1 heterocycles. The molecular weight excluding hydrogens is 269 g/mol. The summed E-state index contributed by atoms with van der Waals surface area (Å²) in [6.45, 7) is 5.28. The van der Waals surface area contributed by atoms with E-state index >= 15 is 0 Å². The lowest BCUT2D eigenvalue weighted by molar-refractivity contribution is 0.491. The summed E-state index contributed by atoms with van der Waals surface area (Å²) < 4.78 is 13.9. The van der Waals surface area contributed by atoms with Gasteiger partial charge in [-0.05, 0) is 37.1 Å². The number of thioether (sulfide) groups is 1. The lowest BCUT2D eigenvalue weighted by Crippen LogP contribution is -2.34. The van der Waals surface area contributed by atoms with E-state index < -0.39 is 0 Å². The van der Waals surface area contributed by atoms with Crippen molar-refractivity contribution >= 4 is 23.4 Å². The van der Waals surface area contributed by atoms with Crippen LogP contribution in [0.3, 0.4) is 0 Å². The third-order valence-electron chi connectivity index (χ3n) is 3.36. The van der Waals surface area contributed by atoms with Crippen LogP contribution >= 0.6 is 23.4 Å². The number of hydrogen-bond donors (Lipinski definition) is 1. The molecule has 0 spiro atoms. The summed E-state index contributed by atoms with van der Waals surface area (Å²) in [5.74, 6) is 0.587. The van der Waals surface area contributed by atoms with Crippen molar-refractivity contribution in [1.29, 1.82) is 0 Å². The first kappa shape index (κ1) is 14.2. The fraction of sp³-hybridized carbons (Fsp3) is 0.571. The van der Waals surface area contributed by atoms with Crippen LogP contribution in [0.15, 0.2) is 12.1 Å². The number of halogens is 2. The molecule has 2 rings (SSSR count). The van der Waals surface area contributed by atoms with Crippen molar-refractivity contribution in [2.24, 2.45) is 0 Å². The van der Waals surface area contributed by atoms with Gasteiger partial charge in [0.1, 0.15) is 5.82 Å². The van der Waals surface area contributed by atoms with Gasteiger partial charge in [-0.1, -0.05) is 25.4 Å². The molecule has 100 valence electrons. The molecule has 2 unspecified atom stereocenters.